The van der Waals surface area contributed by atoms with Gasteiger partial charge in [0.2, 0.25) is 0 Å². The van der Waals surface area contributed by atoms with Crippen LogP contribution in [0.4, 0.5) is 5.13 Å². The number of anilines is 1. The van der Waals surface area contributed by atoms with Crippen LogP contribution in [-0.2, 0) is 0 Å². The van der Waals surface area contributed by atoms with Crippen LogP contribution in [0.15, 0.2) is 41.8 Å². The SMILES string of the molecule is Cc1ccc(Oc2cc(C)c(-c3csc(N)n3)c(C)c2)cc1. The van der Waals surface area contributed by atoms with Gasteiger partial charge in [0.05, 0.1) is 5.69 Å². The number of benzene rings is 2. The van der Waals surface area contributed by atoms with E-state index in [-0.39, 0.29) is 0 Å². The molecule has 0 aliphatic rings. The van der Waals surface area contributed by atoms with E-state index in [1.165, 1.54) is 16.9 Å². The molecule has 0 spiro atoms. The van der Waals surface area contributed by atoms with Gasteiger partial charge >= 0.3 is 0 Å². The van der Waals surface area contributed by atoms with Gasteiger partial charge in [0, 0.05) is 10.9 Å². The quantitative estimate of drug-likeness (QED) is 0.731. The zero-order valence-corrected chi connectivity index (χ0v) is 13.7. The Morgan fingerprint density at radius 1 is 0.955 bits per heavy atom. The highest BCUT2D eigenvalue weighted by molar-refractivity contribution is 7.13. The lowest BCUT2D eigenvalue weighted by Crippen LogP contribution is -1.92. The Bertz CT molecular complexity index is 783. The Morgan fingerprint density at radius 3 is 2.14 bits per heavy atom. The number of hydrogen-bond acceptors (Lipinski definition) is 4. The van der Waals surface area contributed by atoms with Gasteiger partial charge in [-0.3, -0.25) is 0 Å². The van der Waals surface area contributed by atoms with Gasteiger partial charge in [0.1, 0.15) is 11.5 Å². The predicted molar refractivity (Wildman–Crippen MR) is 92.7 cm³/mol. The minimum Gasteiger partial charge on any atom is -0.457 e. The molecule has 3 nitrogen and oxygen atoms in total. The summed E-state index contributed by atoms with van der Waals surface area (Å²) in [7, 11) is 0. The van der Waals surface area contributed by atoms with Gasteiger partial charge in [0.25, 0.3) is 0 Å². The van der Waals surface area contributed by atoms with Crippen LogP contribution in [0, 0.1) is 20.8 Å². The molecule has 0 atom stereocenters. The summed E-state index contributed by atoms with van der Waals surface area (Å²) in [6.07, 6.45) is 0. The second-order valence-corrected chi connectivity index (χ2v) is 6.31. The van der Waals surface area contributed by atoms with E-state index in [4.69, 9.17) is 10.5 Å². The molecule has 4 heteroatoms. The minimum atomic E-state index is 0.591. The molecular formula is C18H18N2OS. The molecule has 2 aromatic carbocycles. The molecule has 22 heavy (non-hydrogen) atoms. The fourth-order valence-corrected chi connectivity index (χ4v) is 3.09. The Labute approximate surface area is 134 Å². The first kappa shape index (κ1) is 14.6. The van der Waals surface area contributed by atoms with Crippen LogP contribution in [0.3, 0.4) is 0 Å². The summed E-state index contributed by atoms with van der Waals surface area (Å²) in [5.41, 5.74) is 11.3. The number of nitrogens with two attached hydrogens (primary N) is 1. The molecule has 3 aromatic rings. The van der Waals surface area contributed by atoms with Crippen LogP contribution in [0.2, 0.25) is 0 Å². The molecule has 2 N–H and O–H groups in total. The summed E-state index contributed by atoms with van der Waals surface area (Å²) in [4.78, 5) is 4.38. The molecule has 0 saturated carbocycles. The van der Waals surface area contributed by atoms with E-state index in [2.05, 4.69) is 25.8 Å². The molecule has 112 valence electrons. The van der Waals surface area contributed by atoms with Crippen molar-refractivity contribution in [2.45, 2.75) is 20.8 Å². The fraction of sp³-hybridized carbons (Fsp3) is 0.167. The second-order valence-electron chi connectivity index (χ2n) is 5.42. The first-order chi connectivity index (χ1) is 10.5. The minimum absolute atomic E-state index is 0.591. The van der Waals surface area contributed by atoms with E-state index in [1.54, 1.807) is 0 Å². The lowest BCUT2D eigenvalue weighted by atomic mass is 10.0. The highest BCUT2D eigenvalue weighted by atomic mass is 32.1. The van der Waals surface area contributed by atoms with Gasteiger partial charge < -0.3 is 10.5 Å². The zero-order chi connectivity index (χ0) is 15.7. The molecule has 0 radical (unpaired) electrons. The van der Waals surface area contributed by atoms with Gasteiger partial charge in [-0.25, -0.2) is 4.98 Å². The fourth-order valence-electron chi connectivity index (χ4n) is 2.53. The number of nitrogens with zero attached hydrogens (tertiary/aromatic N) is 1. The number of nitrogen functional groups attached to an aromatic ring is 1. The lowest BCUT2D eigenvalue weighted by Gasteiger charge is -2.12. The van der Waals surface area contributed by atoms with Gasteiger partial charge in [-0.05, 0) is 56.2 Å². The van der Waals surface area contributed by atoms with E-state index in [9.17, 15) is 0 Å². The third-order valence-corrected chi connectivity index (χ3v) is 4.21. The molecule has 0 saturated heterocycles. The number of hydrogen-bond donors (Lipinski definition) is 1. The summed E-state index contributed by atoms with van der Waals surface area (Å²) in [5, 5.41) is 2.58. The number of ether oxygens (including phenoxy) is 1. The van der Waals surface area contributed by atoms with Crippen LogP contribution in [0.1, 0.15) is 16.7 Å². The highest BCUT2D eigenvalue weighted by Crippen LogP contribution is 2.33. The topological polar surface area (TPSA) is 48.1 Å². The maximum Gasteiger partial charge on any atom is 0.180 e. The van der Waals surface area contributed by atoms with Crippen LogP contribution in [-0.4, -0.2) is 4.98 Å². The first-order valence-corrected chi connectivity index (χ1v) is 7.98. The molecular weight excluding hydrogens is 292 g/mol. The van der Waals surface area contributed by atoms with Gasteiger partial charge in [-0.1, -0.05) is 17.7 Å². The normalized spacial score (nSPS) is 10.7. The number of thiazole rings is 1. The molecule has 0 bridgehead atoms. The second kappa shape index (κ2) is 5.81. The molecule has 0 amide bonds. The van der Waals surface area contributed by atoms with Crippen molar-refractivity contribution in [2.24, 2.45) is 0 Å². The van der Waals surface area contributed by atoms with Crippen LogP contribution in [0.5, 0.6) is 11.5 Å². The molecule has 1 aromatic heterocycles. The lowest BCUT2D eigenvalue weighted by molar-refractivity contribution is 0.482. The van der Waals surface area contributed by atoms with Crippen molar-refractivity contribution >= 4 is 16.5 Å². The van der Waals surface area contributed by atoms with Crippen LogP contribution in [0.25, 0.3) is 11.3 Å². The molecule has 3 rings (SSSR count). The molecule has 1 heterocycles. The number of aromatic nitrogens is 1. The van der Waals surface area contributed by atoms with Gasteiger partial charge in [0.15, 0.2) is 5.13 Å². The van der Waals surface area contributed by atoms with Crippen molar-refractivity contribution in [1.29, 1.82) is 0 Å². The summed E-state index contributed by atoms with van der Waals surface area (Å²) in [6, 6.07) is 12.1. The van der Waals surface area contributed by atoms with E-state index in [0.717, 1.165) is 33.9 Å². The summed E-state index contributed by atoms with van der Waals surface area (Å²) >= 11 is 1.46. The van der Waals surface area contributed by atoms with Crippen molar-refractivity contribution < 1.29 is 4.74 Å². The van der Waals surface area contributed by atoms with E-state index < -0.39 is 0 Å². The smallest absolute Gasteiger partial charge is 0.180 e. The van der Waals surface area contributed by atoms with Gasteiger partial charge in [-0.2, -0.15) is 0 Å². The number of aryl methyl sites for hydroxylation is 3. The average molecular weight is 310 g/mol. The van der Waals surface area contributed by atoms with Crippen LogP contribution >= 0.6 is 11.3 Å². The maximum atomic E-state index is 5.95. The van der Waals surface area contributed by atoms with Crippen molar-refractivity contribution in [2.75, 3.05) is 5.73 Å². The van der Waals surface area contributed by atoms with Crippen molar-refractivity contribution in [3.05, 3.63) is 58.5 Å². The Hall–Kier alpha value is -2.33. The third kappa shape index (κ3) is 2.97. The molecule has 0 fully saturated rings. The highest BCUT2D eigenvalue weighted by Gasteiger charge is 2.11. The molecule has 0 unspecified atom stereocenters. The standard InChI is InChI=1S/C18H18N2OS/c1-11-4-6-14(7-5-11)21-15-8-12(2)17(13(3)9-15)16-10-22-18(19)20-16/h4-10H,1-3H3,(H2,19,20). The van der Waals surface area contributed by atoms with Gasteiger partial charge in [-0.15, -0.1) is 11.3 Å². The van der Waals surface area contributed by atoms with E-state index >= 15 is 0 Å². The van der Waals surface area contributed by atoms with Crippen molar-refractivity contribution in [3.8, 4) is 22.8 Å². The molecule has 0 aliphatic heterocycles. The van der Waals surface area contributed by atoms with Crippen molar-refractivity contribution in [3.63, 3.8) is 0 Å². The van der Waals surface area contributed by atoms with E-state index in [0.29, 0.717) is 5.13 Å². The largest absolute Gasteiger partial charge is 0.457 e. The monoisotopic (exact) mass is 310 g/mol. The zero-order valence-electron chi connectivity index (χ0n) is 12.9. The Morgan fingerprint density at radius 2 is 1.59 bits per heavy atom. The van der Waals surface area contributed by atoms with Crippen LogP contribution < -0.4 is 10.5 Å². The first-order valence-electron chi connectivity index (χ1n) is 7.10. The summed E-state index contributed by atoms with van der Waals surface area (Å²) in [5.74, 6) is 1.68. The summed E-state index contributed by atoms with van der Waals surface area (Å²) in [6.45, 7) is 6.20. The Balaban J connectivity index is 1.93. The average Bonchev–Trinajstić information content (AvgIpc) is 2.87. The Kier molecular flexibility index (Phi) is 3.86. The number of rotatable bonds is 3. The summed E-state index contributed by atoms with van der Waals surface area (Å²) < 4.78 is 5.95. The predicted octanol–water partition coefficient (Wildman–Crippen LogP) is 5.11. The van der Waals surface area contributed by atoms with E-state index in [1.807, 2.05) is 41.8 Å². The maximum absolute atomic E-state index is 5.95. The van der Waals surface area contributed by atoms with Crippen molar-refractivity contribution in [1.82, 2.24) is 4.98 Å². The molecule has 0 aliphatic carbocycles. The third-order valence-electron chi connectivity index (χ3n) is 3.54.